The third-order valence-electron chi connectivity index (χ3n) is 6.36. The van der Waals surface area contributed by atoms with Gasteiger partial charge in [0, 0.05) is 6.42 Å². The van der Waals surface area contributed by atoms with E-state index in [1.54, 1.807) is 19.2 Å². The molecule has 0 bridgehead atoms. The van der Waals surface area contributed by atoms with Crippen LogP contribution in [0.1, 0.15) is 58.3 Å². The Bertz CT molecular complexity index is 1150. The second-order valence-electron chi connectivity index (χ2n) is 9.01. The van der Waals surface area contributed by atoms with E-state index >= 15 is 0 Å². The molecule has 3 aromatic carbocycles. The van der Waals surface area contributed by atoms with Crippen LogP contribution in [-0.2, 0) is 24.1 Å². The van der Waals surface area contributed by atoms with Crippen LogP contribution in [0.25, 0.3) is 6.08 Å². The minimum absolute atomic E-state index is 0.179. The highest BCUT2D eigenvalue weighted by molar-refractivity contribution is 5.87. The van der Waals surface area contributed by atoms with E-state index in [1.165, 1.54) is 16.7 Å². The van der Waals surface area contributed by atoms with Crippen molar-refractivity contribution < 1.29 is 24.5 Å². The quantitative estimate of drug-likeness (QED) is 0.248. The molecule has 2 N–H and O–H groups in total. The highest BCUT2D eigenvalue weighted by Crippen LogP contribution is 2.22. The van der Waals surface area contributed by atoms with E-state index in [2.05, 4.69) is 42.5 Å². The number of carboxylic acid groups (broad SMARTS) is 2. The maximum atomic E-state index is 11.2. The molecular weight excluding hydrogens is 452 g/mol. The first-order chi connectivity index (χ1) is 17.4. The molecule has 3 aromatic rings. The van der Waals surface area contributed by atoms with Crippen molar-refractivity contribution in [3.8, 4) is 5.75 Å². The van der Waals surface area contributed by atoms with Crippen LogP contribution in [-0.4, -0.2) is 29.3 Å². The van der Waals surface area contributed by atoms with Crippen molar-refractivity contribution in [2.24, 2.45) is 5.92 Å². The number of allylic oxidation sites excluding steroid dienone is 1. The molecule has 1 unspecified atom stereocenters. The van der Waals surface area contributed by atoms with Crippen LogP contribution >= 0.6 is 0 Å². The lowest BCUT2D eigenvalue weighted by molar-refractivity contribution is -0.137. The molecule has 3 rings (SSSR count). The van der Waals surface area contributed by atoms with E-state index < -0.39 is 11.9 Å². The topological polar surface area (TPSA) is 83.8 Å². The van der Waals surface area contributed by atoms with E-state index in [1.807, 2.05) is 30.3 Å². The van der Waals surface area contributed by atoms with Gasteiger partial charge in [-0.1, -0.05) is 67.1 Å². The number of aryl methyl sites for hydroxylation is 2. The van der Waals surface area contributed by atoms with Crippen molar-refractivity contribution in [2.45, 2.75) is 44.9 Å². The number of carbonyl (C=O) groups is 2. The molecule has 0 heterocycles. The molecule has 0 spiro atoms. The van der Waals surface area contributed by atoms with E-state index in [4.69, 9.17) is 14.9 Å². The minimum Gasteiger partial charge on any atom is -0.497 e. The van der Waals surface area contributed by atoms with Crippen LogP contribution in [0.5, 0.6) is 5.75 Å². The lowest BCUT2D eigenvalue weighted by Crippen LogP contribution is -2.04. The number of aliphatic carboxylic acids is 1. The largest absolute Gasteiger partial charge is 0.497 e. The lowest BCUT2D eigenvalue weighted by atomic mass is 9.91. The third-order valence-corrected chi connectivity index (χ3v) is 6.36. The van der Waals surface area contributed by atoms with Gasteiger partial charge < -0.3 is 14.9 Å². The summed E-state index contributed by atoms with van der Waals surface area (Å²) in [5.74, 6) is -0.617. The molecule has 5 nitrogen and oxygen atoms in total. The van der Waals surface area contributed by atoms with Crippen molar-refractivity contribution >= 4 is 18.0 Å². The van der Waals surface area contributed by atoms with E-state index in [0.717, 1.165) is 43.4 Å². The highest BCUT2D eigenvalue weighted by atomic mass is 16.5. The summed E-state index contributed by atoms with van der Waals surface area (Å²) in [6.07, 6.45) is 9.56. The van der Waals surface area contributed by atoms with Crippen LogP contribution in [0.15, 0.2) is 78.9 Å². The van der Waals surface area contributed by atoms with Crippen molar-refractivity contribution in [3.63, 3.8) is 0 Å². The molecule has 0 aliphatic heterocycles. The van der Waals surface area contributed by atoms with E-state index in [-0.39, 0.29) is 17.9 Å². The zero-order chi connectivity index (χ0) is 25.8. The van der Waals surface area contributed by atoms with Crippen LogP contribution in [0.2, 0.25) is 0 Å². The molecule has 188 valence electrons. The summed E-state index contributed by atoms with van der Waals surface area (Å²) >= 11 is 0. The Morgan fingerprint density at radius 2 is 1.56 bits per heavy atom. The smallest absolute Gasteiger partial charge is 0.335 e. The summed E-state index contributed by atoms with van der Waals surface area (Å²) in [4.78, 5) is 22.1. The van der Waals surface area contributed by atoms with Gasteiger partial charge in [0.25, 0.3) is 0 Å². The van der Waals surface area contributed by atoms with Gasteiger partial charge in [-0.3, -0.25) is 4.79 Å². The number of carboxylic acids is 2. The number of benzene rings is 3. The van der Waals surface area contributed by atoms with Crippen LogP contribution in [0.4, 0.5) is 0 Å². The van der Waals surface area contributed by atoms with Gasteiger partial charge in [-0.05, 0) is 84.5 Å². The van der Waals surface area contributed by atoms with Crippen molar-refractivity contribution in [2.75, 3.05) is 7.11 Å². The highest BCUT2D eigenvalue weighted by Gasteiger charge is 2.10. The Kier molecular flexibility index (Phi) is 10.3. The van der Waals surface area contributed by atoms with Gasteiger partial charge in [0.2, 0.25) is 0 Å². The van der Waals surface area contributed by atoms with Crippen molar-refractivity contribution in [3.05, 3.63) is 107 Å². The third kappa shape index (κ3) is 8.73. The van der Waals surface area contributed by atoms with Gasteiger partial charge in [-0.15, -0.1) is 0 Å². The molecule has 0 fully saturated rings. The lowest BCUT2D eigenvalue weighted by Gasteiger charge is -2.14. The first-order valence-corrected chi connectivity index (χ1v) is 12.4. The fourth-order valence-electron chi connectivity index (χ4n) is 4.27. The fraction of sp³-hybridized carbons (Fsp3) is 0.290. The van der Waals surface area contributed by atoms with Gasteiger partial charge in [0.05, 0.1) is 12.7 Å². The SMILES string of the molecule is COc1ccc(CCc2ccccc2C=CC(CCCCC(=O)O)Cc2ccc(C(=O)O)cc2)cc1. The van der Waals surface area contributed by atoms with E-state index in [0.29, 0.717) is 6.42 Å². The normalized spacial score (nSPS) is 11.9. The average Bonchev–Trinajstić information content (AvgIpc) is 2.89. The average molecular weight is 487 g/mol. The second-order valence-corrected chi connectivity index (χ2v) is 9.01. The van der Waals surface area contributed by atoms with Gasteiger partial charge >= 0.3 is 11.9 Å². The van der Waals surface area contributed by atoms with E-state index in [9.17, 15) is 9.59 Å². The Morgan fingerprint density at radius 1 is 0.861 bits per heavy atom. The molecule has 1 atom stereocenters. The van der Waals surface area contributed by atoms with Gasteiger partial charge in [0.1, 0.15) is 5.75 Å². The Labute approximate surface area is 213 Å². The van der Waals surface area contributed by atoms with Crippen LogP contribution < -0.4 is 4.74 Å². The predicted molar refractivity (Wildman–Crippen MR) is 143 cm³/mol. The molecule has 5 heteroatoms. The zero-order valence-corrected chi connectivity index (χ0v) is 20.7. The summed E-state index contributed by atoms with van der Waals surface area (Å²) in [6, 6.07) is 23.6. The van der Waals surface area contributed by atoms with Gasteiger partial charge in [-0.2, -0.15) is 0 Å². The number of hydrogen-bond donors (Lipinski definition) is 2. The summed E-state index contributed by atoms with van der Waals surface area (Å²) in [7, 11) is 1.67. The number of aromatic carboxylic acids is 1. The monoisotopic (exact) mass is 486 g/mol. The summed E-state index contributed by atoms with van der Waals surface area (Å²) in [5.41, 5.74) is 5.07. The van der Waals surface area contributed by atoms with Gasteiger partial charge in [0.15, 0.2) is 0 Å². The minimum atomic E-state index is -0.932. The molecular formula is C31H34O5. The van der Waals surface area contributed by atoms with Crippen LogP contribution in [0.3, 0.4) is 0 Å². The van der Waals surface area contributed by atoms with Crippen molar-refractivity contribution in [1.29, 1.82) is 0 Å². The number of hydrogen-bond acceptors (Lipinski definition) is 3. The number of unbranched alkanes of at least 4 members (excludes halogenated alkanes) is 1. The molecule has 36 heavy (non-hydrogen) atoms. The first-order valence-electron chi connectivity index (χ1n) is 12.4. The molecule has 0 aliphatic rings. The summed E-state index contributed by atoms with van der Waals surface area (Å²) in [5, 5.41) is 18.1. The fourth-order valence-corrected chi connectivity index (χ4v) is 4.27. The van der Waals surface area contributed by atoms with Crippen LogP contribution in [0, 0.1) is 5.92 Å². The van der Waals surface area contributed by atoms with Gasteiger partial charge in [-0.25, -0.2) is 4.79 Å². The summed E-state index contributed by atoms with van der Waals surface area (Å²) < 4.78 is 5.25. The predicted octanol–water partition coefficient (Wildman–Crippen LogP) is 6.70. The summed E-state index contributed by atoms with van der Waals surface area (Å²) in [6.45, 7) is 0. The Balaban J connectivity index is 1.70. The Morgan fingerprint density at radius 3 is 2.22 bits per heavy atom. The molecule has 0 aromatic heterocycles. The molecule has 0 saturated heterocycles. The molecule has 0 radical (unpaired) electrons. The maximum absolute atomic E-state index is 11.2. The molecule has 0 amide bonds. The standard InChI is InChI=1S/C31H34O5/c1-36-29-20-14-23(15-21-29)10-16-26-7-3-4-8-27(26)17-11-24(6-2-5-9-30(32)33)22-25-12-18-28(19-13-25)31(34)35/h3-4,7-8,11-15,17-21,24H,2,5-6,9-10,16,22H2,1H3,(H,32,33)(H,34,35). The van der Waals surface area contributed by atoms with Crippen molar-refractivity contribution in [1.82, 2.24) is 0 Å². The Hall–Kier alpha value is -3.86. The number of rotatable bonds is 14. The zero-order valence-electron chi connectivity index (χ0n) is 20.7. The maximum Gasteiger partial charge on any atom is 0.335 e. The second kappa shape index (κ2) is 13.9. The molecule has 0 saturated carbocycles. The first kappa shape index (κ1) is 26.7. The molecule has 0 aliphatic carbocycles. The number of methoxy groups -OCH3 is 1. The number of ether oxygens (including phenoxy) is 1.